The molecular weight excluding hydrogens is 416 g/mol. The lowest BCUT2D eigenvalue weighted by Crippen LogP contribution is -2.20. The second kappa shape index (κ2) is 9.49. The summed E-state index contributed by atoms with van der Waals surface area (Å²) < 4.78 is 11.2. The Morgan fingerprint density at radius 1 is 1.21 bits per heavy atom. The van der Waals surface area contributed by atoms with E-state index in [1.165, 1.54) is 6.08 Å². The highest BCUT2D eigenvalue weighted by atomic mass is 35.5. The quantitative estimate of drug-likeness (QED) is 0.640. The highest BCUT2D eigenvalue weighted by molar-refractivity contribution is 8.18. The lowest BCUT2D eigenvalue weighted by molar-refractivity contribution is -0.118. The molecule has 2 aromatic rings. The predicted octanol–water partition coefficient (Wildman–Crippen LogP) is 4.08. The van der Waals surface area contributed by atoms with E-state index in [0.717, 1.165) is 11.8 Å². The maximum absolute atomic E-state index is 12.1. The van der Waals surface area contributed by atoms with E-state index in [4.69, 9.17) is 21.1 Å². The standard InChI is InChI=1S/C20H17ClN2O5S/c1-2-27-15-9-12(10-16-19(25)23-20(26)29-16)8-14(21)18(15)28-11-17(24)22-13-6-4-3-5-7-13/h3-10H,2,11H2,1H3,(H,22,24)(H,23,25,26)/b16-10-. The fourth-order valence-electron chi connectivity index (χ4n) is 2.50. The number of imide groups is 1. The van der Waals surface area contributed by atoms with E-state index in [9.17, 15) is 14.4 Å². The first kappa shape index (κ1) is 20.8. The molecule has 0 aliphatic carbocycles. The summed E-state index contributed by atoms with van der Waals surface area (Å²) in [5.74, 6) is -0.266. The number of para-hydroxylation sites is 1. The van der Waals surface area contributed by atoms with Crippen LogP contribution in [0.4, 0.5) is 10.5 Å². The van der Waals surface area contributed by atoms with Crippen LogP contribution in [0.2, 0.25) is 5.02 Å². The Morgan fingerprint density at radius 3 is 2.62 bits per heavy atom. The number of thioether (sulfide) groups is 1. The molecule has 29 heavy (non-hydrogen) atoms. The Bertz CT molecular complexity index is 978. The van der Waals surface area contributed by atoms with Gasteiger partial charge >= 0.3 is 0 Å². The average molecular weight is 433 g/mol. The van der Waals surface area contributed by atoms with Gasteiger partial charge in [0.05, 0.1) is 16.5 Å². The number of nitrogens with one attached hydrogen (secondary N) is 2. The number of carbonyl (C=O) groups excluding carboxylic acids is 3. The van der Waals surface area contributed by atoms with Gasteiger partial charge in [-0.2, -0.15) is 0 Å². The van der Waals surface area contributed by atoms with Crippen LogP contribution in [0.15, 0.2) is 47.4 Å². The number of halogens is 1. The highest BCUT2D eigenvalue weighted by Crippen LogP contribution is 2.38. The summed E-state index contributed by atoms with van der Waals surface area (Å²) in [4.78, 5) is 35.4. The second-order valence-corrected chi connectivity index (χ2v) is 7.24. The van der Waals surface area contributed by atoms with Gasteiger partial charge in [0.2, 0.25) is 0 Å². The molecule has 0 radical (unpaired) electrons. The zero-order chi connectivity index (χ0) is 20.8. The molecule has 150 valence electrons. The van der Waals surface area contributed by atoms with Gasteiger partial charge in [0.15, 0.2) is 18.1 Å². The third-order valence-electron chi connectivity index (χ3n) is 3.68. The van der Waals surface area contributed by atoms with Crippen molar-refractivity contribution < 1.29 is 23.9 Å². The number of hydrogen-bond donors (Lipinski definition) is 2. The summed E-state index contributed by atoms with van der Waals surface area (Å²) >= 11 is 7.13. The Morgan fingerprint density at radius 2 is 1.97 bits per heavy atom. The van der Waals surface area contributed by atoms with Crippen molar-refractivity contribution in [1.29, 1.82) is 0 Å². The van der Waals surface area contributed by atoms with Crippen molar-refractivity contribution in [2.75, 3.05) is 18.5 Å². The first-order chi connectivity index (χ1) is 14.0. The molecule has 2 aromatic carbocycles. The summed E-state index contributed by atoms with van der Waals surface area (Å²) in [5, 5.41) is 4.69. The zero-order valence-corrected chi connectivity index (χ0v) is 16.9. The minimum atomic E-state index is -0.466. The molecule has 1 saturated heterocycles. The summed E-state index contributed by atoms with van der Waals surface area (Å²) in [5.41, 5.74) is 1.22. The number of rotatable bonds is 7. The molecule has 9 heteroatoms. The molecule has 1 fully saturated rings. The monoisotopic (exact) mass is 432 g/mol. The molecule has 0 aromatic heterocycles. The number of hydrogen-bond acceptors (Lipinski definition) is 6. The van der Waals surface area contributed by atoms with Gasteiger partial charge in [0.1, 0.15) is 0 Å². The number of benzene rings is 2. The van der Waals surface area contributed by atoms with E-state index >= 15 is 0 Å². The maximum atomic E-state index is 12.1. The molecule has 0 saturated carbocycles. The summed E-state index contributed by atoms with van der Waals surface area (Å²) in [6, 6.07) is 12.2. The van der Waals surface area contributed by atoms with Gasteiger partial charge in [-0.1, -0.05) is 29.8 Å². The molecule has 3 amide bonds. The third-order valence-corrected chi connectivity index (χ3v) is 4.77. The van der Waals surface area contributed by atoms with Crippen LogP contribution in [0.3, 0.4) is 0 Å². The van der Waals surface area contributed by atoms with E-state index < -0.39 is 11.1 Å². The first-order valence-electron chi connectivity index (χ1n) is 8.65. The third kappa shape index (κ3) is 5.52. The molecule has 1 heterocycles. The van der Waals surface area contributed by atoms with Crippen LogP contribution in [-0.4, -0.2) is 30.3 Å². The van der Waals surface area contributed by atoms with Crippen LogP contribution in [0, 0.1) is 0 Å². The molecule has 2 N–H and O–H groups in total. The van der Waals surface area contributed by atoms with Crippen molar-refractivity contribution in [3.63, 3.8) is 0 Å². The highest BCUT2D eigenvalue weighted by Gasteiger charge is 2.25. The Balaban J connectivity index is 1.76. The summed E-state index contributed by atoms with van der Waals surface area (Å²) in [6.45, 7) is 1.88. The van der Waals surface area contributed by atoms with Crippen LogP contribution in [-0.2, 0) is 9.59 Å². The number of carbonyl (C=O) groups is 3. The van der Waals surface area contributed by atoms with Crippen molar-refractivity contribution in [2.24, 2.45) is 0 Å². The second-order valence-electron chi connectivity index (χ2n) is 5.82. The predicted molar refractivity (Wildman–Crippen MR) is 112 cm³/mol. The van der Waals surface area contributed by atoms with Crippen LogP contribution in [0.1, 0.15) is 12.5 Å². The molecule has 7 nitrogen and oxygen atoms in total. The lowest BCUT2D eigenvalue weighted by Gasteiger charge is -2.14. The molecule has 0 bridgehead atoms. The number of ether oxygens (including phenoxy) is 2. The van der Waals surface area contributed by atoms with Gasteiger partial charge in [-0.05, 0) is 54.6 Å². The van der Waals surface area contributed by atoms with E-state index in [2.05, 4.69) is 10.6 Å². The Kier molecular flexibility index (Phi) is 6.79. The molecule has 1 aliphatic heterocycles. The van der Waals surface area contributed by atoms with E-state index in [1.807, 2.05) is 18.2 Å². The van der Waals surface area contributed by atoms with Crippen molar-refractivity contribution in [3.05, 3.63) is 58.0 Å². The Hall–Kier alpha value is -2.97. The summed E-state index contributed by atoms with van der Waals surface area (Å²) in [7, 11) is 0. The Labute approximate surface area is 176 Å². The number of anilines is 1. The van der Waals surface area contributed by atoms with Gasteiger partial charge < -0.3 is 14.8 Å². The SMILES string of the molecule is CCOc1cc(/C=C2\SC(=O)NC2=O)cc(Cl)c1OCC(=O)Nc1ccccc1. The fourth-order valence-corrected chi connectivity index (χ4v) is 3.46. The number of amides is 3. The minimum absolute atomic E-state index is 0.213. The van der Waals surface area contributed by atoms with Crippen molar-refractivity contribution in [1.82, 2.24) is 5.32 Å². The molecular formula is C20H17ClN2O5S. The molecule has 0 spiro atoms. The van der Waals surface area contributed by atoms with Crippen molar-refractivity contribution >= 4 is 52.2 Å². The van der Waals surface area contributed by atoms with E-state index in [0.29, 0.717) is 23.6 Å². The van der Waals surface area contributed by atoms with Gasteiger partial charge in [-0.3, -0.25) is 19.7 Å². The summed E-state index contributed by atoms with van der Waals surface area (Å²) in [6.07, 6.45) is 1.53. The van der Waals surface area contributed by atoms with Crippen molar-refractivity contribution in [2.45, 2.75) is 6.92 Å². The van der Waals surface area contributed by atoms with Crippen LogP contribution < -0.4 is 20.1 Å². The van der Waals surface area contributed by atoms with E-state index in [1.54, 1.807) is 31.2 Å². The largest absolute Gasteiger partial charge is 0.490 e. The molecule has 0 unspecified atom stereocenters. The fraction of sp³-hybridized carbons (Fsp3) is 0.150. The van der Waals surface area contributed by atoms with Gasteiger partial charge in [0, 0.05) is 5.69 Å². The average Bonchev–Trinajstić information content (AvgIpc) is 2.99. The lowest BCUT2D eigenvalue weighted by atomic mass is 10.2. The van der Waals surface area contributed by atoms with Gasteiger partial charge in [-0.25, -0.2) is 0 Å². The molecule has 3 rings (SSSR count). The van der Waals surface area contributed by atoms with Crippen molar-refractivity contribution in [3.8, 4) is 11.5 Å². The first-order valence-corrected chi connectivity index (χ1v) is 9.84. The van der Waals surface area contributed by atoms with Gasteiger partial charge in [-0.15, -0.1) is 0 Å². The molecule has 0 atom stereocenters. The minimum Gasteiger partial charge on any atom is -0.490 e. The van der Waals surface area contributed by atoms with Crippen LogP contribution >= 0.6 is 23.4 Å². The van der Waals surface area contributed by atoms with Crippen LogP contribution in [0.5, 0.6) is 11.5 Å². The maximum Gasteiger partial charge on any atom is 0.290 e. The topological polar surface area (TPSA) is 93.7 Å². The zero-order valence-electron chi connectivity index (χ0n) is 15.4. The smallest absolute Gasteiger partial charge is 0.290 e. The van der Waals surface area contributed by atoms with Gasteiger partial charge in [0.25, 0.3) is 17.1 Å². The molecule has 1 aliphatic rings. The van der Waals surface area contributed by atoms with E-state index in [-0.39, 0.29) is 28.2 Å². The van der Waals surface area contributed by atoms with Crippen LogP contribution in [0.25, 0.3) is 6.08 Å². The normalized spacial score (nSPS) is 14.6.